The molecule has 4 nitrogen and oxygen atoms in total. The molecule has 110 valence electrons. The van der Waals surface area contributed by atoms with Crippen molar-refractivity contribution in [1.82, 2.24) is 5.32 Å². The molecule has 1 aliphatic heterocycles. The third kappa shape index (κ3) is 3.55. The highest BCUT2D eigenvalue weighted by molar-refractivity contribution is 8.13. The maximum absolute atomic E-state index is 11.5. The van der Waals surface area contributed by atoms with Crippen molar-refractivity contribution in [2.45, 2.75) is 19.9 Å². The topological polar surface area (TPSA) is 61.7 Å². The number of carboxylic acids is 1. The molecule has 2 rings (SSSR count). The molecular formula is C16H18N2O2S. The van der Waals surface area contributed by atoms with E-state index in [0.29, 0.717) is 11.3 Å². The van der Waals surface area contributed by atoms with E-state index in [0.717, 1.165) is 22.0 Å². The van der Waals surface area contributed by atoms with Crippen molar-refractivity contribution in [3.05, 3.63) is 59.3 Å². The minimum absolute atomic E-state index is 0.293. The van der Waals surface area contributed by atoms with Crippen molar-refractivity contribution in [2.75, 3.05) is 5.75 Å². The van der Waals surface area contributed by atoms with Gasteiger partial charge in [-0.05, 0) is 19.4 Å². The summed E-state index contributed by atoms with van der Waals surface area (Å²) in [7, 11) is 0. The van der Waals surface area contributed by atoms with E-state index in [1.54, 1.807) is 13.0 Å². The molecule has 1 aliphatic rings. The molecule has 1 heterocycles. The van der Waals surface area contributed by atoms with Crippen molar-refractivity contribution in [3.63, 3.8) is 0 Å². The first-order valence-corrected chi connectivity index (χ1v) is 7.60. The summed E-state index contributed by atoms with van der Waals surface area (Å²) in [6.45, 7) is 7.46. The highest BCUT2D eigenvalue weighted by atomic mass is 32.2. The number of nitrogens with zero attached hydrogens (tertiary/aromatic N) is 1. The molecule has 1 aromatic carbocycles. The van der Waals surface area contributed by atoms with Crippen molar-refractivity contribution in [2.24, 2.45) is 4.99 Å². The molecule has 0 radical (unpaired) electrons. The molecule has 0 aromatic heterocycles. The second-order valence-corrected chi connectivity index (χ2v) is 5.82. The van der Waals surface area contributed by atoms with Gasteiger partial charge in [-0.2, -0.15) is 0 Å². The molecule has 2 N–H and O–H groups in total. The van der Waals surface area contributed by atoms with Crippen LogP contribution in [-0.4, -0.2) is 22.0 Å². The van der Waals surface area contributed by atoms with Crippen LogP contribution in [0.5, 0.6) is 0 Å². The number of nitrogens with one attached hydrogen (secondary N) is 1. The van der Waals surface area contributed by atoms with Gasteiger partial charge in [0.05, 0.1) is 5.57 Å². The molecule has 0 aliphatic carbocycles. The molecule has 1 aromatic rings. The van der Waals surface area contributed by atoms with Crippen LogP contribution in [0, 0.1) is 6.92 Å². The Labute approximate surface area is 128 Å². The van der Waals surface area contributed by atoms with Crippen LogP contribution in [-0.2, 0) is 4.79 Å². The van der Waals surface area contributed by atoms with Gasteiger partial charge in [0.25, 0.3) is 0 Å². The lowest BCUT2D eigenvalue weighted by Gasteiger charge is -2.24. The zero-order chi connectivity index (χ0) is 15.4. The Kier molecular flexibility index (Phi) is 4.85. The molecule has 0 saturated carbocycles. The third-order valence-corrected chi connectivity index (χ3v) is 4.06. The van der Waals surface area contributed by atoms with Gasteiger partial charge in [0.15, 0.2) is 5.17 Å². The third-order valence-electron chi connectivity index (χ3n) is 3.18. The Morgan fingerprint density at radius 3 is 2.67 bits per heavy atom. The number of carboxylic acid groups (broad SMARTS) is 1. The maximum atomic E-state index is 11.5. The van der Waals surface area contributed by atoms with Gasteiger partial charge in [0, 0.05) is 11.4 Å². The number of thioether (sulfide) groups is 1. The molecule has 21 heavy (non-hydrogen) atoms. The van der Waals surface area contributed by atoms with Crippen LogP contribution in [0.25, 0.3) is 0 Å². The van der Waals surface area contributed by atoms with Crippen LogP contribution in [0.15, 0.2) is 53.2 Å². The molecule has 0 saturated heterocycles. The van der Waals surface area contributed by atoms with Gasteiger partial charge in [-0.25, -0.2) is 9.79 Å². The molecule has 1 atom stereocenters. The standard InChI is InChI=1S/C16H18N2O2S/c1-4-9-21-16-17-11(3)13(15(19)20)14(18-16)12-7-5-10(2)6-8-12/h4-8,14H,1,9H2,2-3H3,(H,17,18)(H,19,20). The zero-order valence-corrected chi connectivity index (χ0v) is 12.9. The number of aliphatic imine (C=N–C) groups is 1. The van der Waals surface area contributed by atoms with Crippen molar-refractivity contribution < 1.29 is 9.90 Å². The zero-order valence-electron chi connectivity index (χ0n) is 12.1. The molecule has 1 unspecified atom stereocenters. The summed E-state index contributed by atoms with van der Waals surface area (Å²) in [5, 5.41) is 13.2. The van der Waals surface area contributed by atoms with Crippen LogP contribution >= 0.6 is 11.8 Å². The summed E-state index contributed by atoms with van der Waals surface area (Å²) in [4.78, 5) is 16.1. The van der Waals surface area contributed by atoms with Gasteiger partial charge >= 0.3 is 5.97 Å². The summed E-state index contributed by atoms with van der Waals surface area (Å²) in [5.74, 6) is -0.218. The van der Waals surface area contributed by atoms with Crippen molar-refractivity contribution in [3.8, 4) is 0 Å². The summed E-state index contributed by atoms with van der Waals surface area (Å²) < 4.78 is 0. The smallest absolute Gasteiger partial charge is 0.335 e. The number of allylic oxidation sites excluding steroid dienone is 1. The molecule has 0 fully saturated rings. The van der Waals surface area contributed by atoms with Gasteiger partial charge in [-0.3, -0.25) is 0 Å². The molecular weight excluding hydrogens is 284 g/mol. The van der Waals surface area contributed by atoms with Gasteiger partial charge in [0.2, 0.25) is 0 Å². The lowest BCUT2D eigenvalue weighted by Crippen LogP contribution is -2.29. The first-order valence-electron chi connectivity index (χ1n) is 6.62. The number of amidine groups is 1. The fourth-order valence-electron chi connectivity index (χ4n) is 2.13. The Hall–Kier alpha value is -2.01. The maximum Gasteiger partial charge on any atom is 0.335 e. The lowest BCUT2D eigenvalue weighted by atomic mass is 9.96. The first-order chi connectivity index (χ1) is 10.0. The van der Waals surface area contributed by atoms with E-state index in [2.05, 4.69) is 16.9 Å². The predicted molar refractivity (Wildman–Crippen MR) is 87.5 cm³/mol. The highest BCUT2D eigenvalue weighted by Crippen LogP contribution is 2.32. The number of rotatable bonds is 4. The Balaban J connectivity index is 2.41. The van der Waals surface area contributed by atoms with Gasteiger partial charge in [0.1, 0.15) is 6.04 Å². The number of hydrogen-bond acceptors (Lipinski definition) is 4. The predicted octanol–water partition coefficient (Wildman–Crippen LogP) is 3.27. The van der Waals surface area contributed by atoms with Crippen molar-refractivity contribution in [1.29, 1.82) is 0 Å². The minimum atomic E-state index is -0.943. The van der Waals surface area contributed by atoms with E-state index >= 15 is 0 Å². The first kappa shape index (κ1) is 15.4. The molecule has 0 bridgehead atoms. The fourth-order valence-corrected chi connectivity index (χ4v) is 2.81. The van der Waals surface area contributed by atoms with Gasteiger partial charge in [-0.15, -0.1) is 6.58 Å². The average Bonchev–Trinajstić information content (AvgIpc) is 2.44. The second kappa shape index (κ2) is 6.63. The second-order valence-electron chi connectivity index (χ2n) is 4.82. The lowest BCUT2D eigenvalue weighted by molar-refractivity contribution is -0.133. The molecule has 0 amide bonds. The van der Waals surface area contributed by atoms with Crippen LogP contribution < -0.4 is 5.32 Å². The normalized spacial score (nSPS) is 18.0. The highest BCUT2D eigenvalue weighted by Gasteiger charge is 2.28. The van der Waals surface area contributed by atoms with Crippen LogP contribution in [0.3, 0.4) is 0 Å². The van der Waals surface area contributed by atoms with Crippen LogP contribution in [0.4, 0.5) is 0 Å². The fraction of sp³-hybridized carbons (Fsp3) is 0.250. The van der Waals surface area contributed by atoms with Crippen LogP contribution in [0.2, 0.25) is 0 Å². The largest absolute Gasteiger partial charge is 0.478 e. The van der Waals surface area contributed by atoms with E-state index in [4.69, 9.17) is 0 Å². The summed E-state index contributed by atoms with van der Waals surface area (Å²) in [6, 6.07) is 7.33. The average molecular weight is 302 g/mol. The Morgan fingerprint density at radius 1 is 1.43 bits per heavy atom. The number of carbonyl (C=O) groups is 1. The number of hydrogen-bond donors (Lipinski definition) is 2. The van der Waals surface area contributed by atoms with E-state index in [-0.39, 0.29) is 0 Å². The van der Waals surface area contributed by atoms with Gasteiger partial charge in [-0.1, -0.05) is 47.7 Å². The SMILES string of the molecule is C=CCSC1=NC(c2ccc(C)cc2)C(C(=O)O)=C(C)N1. The summed E-state index contributed by atoms with van der Waals surface area (Å²) in [6.07, 6.45) is 1.79. The Bertz CT molecular complexity index is 618. The molecule has 0 spiro atoms. The Morgan fingerprint density at radius 2 is 2.10 bits per heavy atom. The van der Waals surface area contributed by atoms with E-state index in [1.807, 2.05) is 31.2 Å². The summed E-state index contributed by atoms with van der Waals surface area (Å²) >= 11 is 1.51. The van der Waals surface area contributed by atoms with E-state index < -0.39 is 12.0 Å². The number of benzene rings is 1. The van der Waals surface area contributed by atoms with E-state index in [9.17, 15) is 9.90 Å². The molecule has 5 heteroatoms. The van der Waals surface area contributed by atoms with Gasteiger partial charge < -0.3 is 10.4 Å². The quantitative estimate of drug-likeness (QED) is 0.838. The minimum Gasteiger partial charge on any atom is -0.478 e. The number of aryl methyl sites for hydroxylation is 1. The number of aliphatic carboxylic acids is 1. The van der Waals surface area contributed by atoms with Crippen LogP contribution in [0.1, 0.15) is 24.1 Å². The van der Waals surface area contributed by atoms with Crippen molar-refractivity contribution >= 4 is 22.9 Å². The monoisotopic (exact) mass is 302 g/mol. The summed E-state index contributed by atoms with van der Waals surface area (Å²) in [5.41, 5.74) is 2.95. The van der Waals surface area contributed by atoms with E-state index in [1.165, 1.54) is 11.8 Å².